The number of aromatic nitrogens is 1. The van der Waals surface area contributed by atoms with Gasteiger partial charge in [0.2, 0.25) is 0 Å². The minimum Gasteiger partial charge on any atom is -0.335 e. The van der Waals surface area contributed by atoms with Gasteiger partial charge in [-0.1, -0.05) is 11.6 Å². The Morgan fingerprint density at radius 3 is 1.57 bits per heavy atom. The summed E-state index contributed by atoms with van der Waals surface area (Å²) in [7, 11) is 0. The first-order valence-electron chi connectivity index (χ1n) is 9.19. The van der Waals surface area contributed by atoms with Gasteiger partial charge >= 0.3 is 0 Å². The summed E-state index contributed by atoms with van der Waals surface area (Å²) in [5, 5.41) is 0.606. The zero-order valence-electron chi connectivity index (χ0n) is 15.3. The number of rotatable bonds is 3. The van der Waals surface area contributed by atoms with Crippen LogP contribution in [0, 0.1) is 0 Å². The second-order valence-corrected chi connectivity index (χ2v) is 7.16. The van der Waals surface area contributed by atoms with Gasteiger partial charge in [0.25, 0.3) is 11.8 Å². The van der Waals surface area contributed by atoms with Crippen molar-refractivity contribution in [2.45, 2.75) is 0 Å². The number of benzene rings is 2. The maximum atomic E-state index is 12.8. The molecule has 1 aliphatic heterocycles. The molecular weight excluding hydrogens is 374 g/mol. The summed E-state index contributed by atoms with van der Waals surface area (Å²) in [5.74, 6) is -0.0301. The van der Waals surface area contributed by atoms with Gasteiger partial charge in [0, 0.05) is 60.4 Å². The lowest BCUT2D eigenvalue weighted by Gasteiger charge is -2.35. The third-order valence-electron chi connectivity index (χ3n) is 4.96. The van der Waals surface area contributed by atoms with Crippen molar-refractivity contribution in [3.05, 3.63) is 89.2 Å². The van der Waals surface area contributed by atoms with Gasteiger partial charge in [0.1, 0.15) is 0 Å². The number of nitrogens with zero attached hydrogens (tertiary/aromatic N) is 3. The second kappa shape index (κ2) is 7.90. The Kier molecular flexibility index (Phi) is 5.17. The average Bonchev–Trinajstić information content (AvgIpc) is 3.28. The Morgan fingerprint density at radius 2 is 1.11 bits per heavy atom. The summed E-state index contributed by atoms with van der Waals surface area (Å²) >= 11 is 5.88. The van der Waals surface area contributed by atoms with E-state index in [4.69, 9.17) is 11.6 Å². The highest BCUT2D eigenvalue weighted by Gasteiger charge is 2.25. The quantitative estimate of drug-likeness (QED) is 0.680. The van der Waals surface area contributed by atoms with Gasteiger partial charge in [-0.25, -0.2) is 0 Å². The van der Waals surface area contributed by atoms with Crippen molar-refractivity contribution in [2.24, 2.45) is 0 Å². The molecular formula is C22H20ClN3O2. The van der Waals surface area contributed by atoms with E-state index in [0.717, 1.165) is 5.69 Å². The van der Waals surface area contributed by atoms with Crippen molar-refractivity contribution >= 4 is 23.4 Å². The van der Waals surface area contributed by atoms with E-state index in [1.54, 1.807) is 34.1 Å². The topological polar surface area (TPSA) is 45.6 Å². The summed E-state index contributed by atoms with van der Waals surface area (Å²) in [6, 6.07) is 18.4. The summed E-state index contributed by atoms with van der Waals surface area (Å²) in [6.07, 6.45) is 3.93. The maximum Gasteiger partial charge on any atom is 0.253 e. The summed E-state index contributed by atoms with van der Waals surface area (Å²) in [5.41, 5.74) is 2.29. The minimum atomic E-state index is -0.0279. The van der Waals surface area contributed by atoms with E-state index >= 15 is 0 Å². The van der Waals surface area contributed by atoms with Crippen molar-refractivity contribution < 1.29 is 9.59 Å². The highest BCUT2D eigenvalue weighted by molar-refractivity contribution is 6.30. The summed E-state index contributed by atoms with van der Waals surface area (Å²) < 4.78 is 2.00. The number of carbonyl (C=O) groups excluding carboxylic acids is 2. The third-order valence-corrected chi connectivity index (χ3v) is 5.21. The van der Waals surface area contributed by atoms with Crippen LogP contribution in [0.2, 0.25) is 5.02 Å². The average molecular weight is 394 g/mol. The standard InChI is InChI=1S/C22H20ClN3O2/c23-19-7-3-17(4-8-19)21(27)25-13-15-26(16-14-25)22(28)18-5-9-20(10-6-18)24-11-1-2-12-24/h1-12H,13-16H2. The van der Waals surface area contributed by atoms with Gasteiger partial charge in [-0.05, 0) is 60.7 Å². The molecule has 2 amide bonds. The van der Waals surface area contributed by atoms with E-state index in [1.165, 1.54) is 0 Å². The zero-order valence-corrected chi connectivity index (χ0v) is 16.0. The SMILES string of the molecule is O=C(c1ccc(Cl)cc1)N1CCN(C(=O)c2ccc(-n3cccc3)cc2)CC1. The van der Waals surface area contributed by atoms with Crippen molar-refractivity contribution in [2.75, 3.05) is 26.2 Å². The molecule has 1 aromatic heterocycles. The highest BCUT2D eigenvalue weighted by Crippen LogP contribution is 2.16. The Hall–Kier alpha value is -3.05. The van der Waals surface area contributed by atoms with Crippen LogP contribution in [0.1, 0.15) is 20.7 Å². The normalized spacial score (nSPS) is 14.2. The first-order valence-corrected chi connectivity index (χ1v) is 9.57. The summed E-state index contributed by atoms with van der Waals surface area (Å²) in [4.78, 5) is 28.9. The monoisotopic (exact) mass is 393 g/mol. The minimum absolute atomic E-state index is 0.00218. The fourth-order valence-electron chi connectivity index (χ4n) is 3.35. The molecule has 0 spiro atoms. The molecule has 1 fully saturated rings. The van der Waals surface area contributed by atoms with Crippen LogP contribution in [0.25, 0.3) is 5.69 Å². The van der Waals surface area contributed by atoms with Crippen molar-refractivity contribution in [3.63, 3.8) is 0 Å². The van der Waals surface area contributed by atoms with Crippen LogP contribution < -0.4 is 0 Å². The molecule has 5 nitrogen and oxygen atoms in total. The smallest absolute Gasteiger partial charge is 0.253 e. The molecule has 28 heavy (non-hydrogen) atoms. The number of halogens is 1. The number of hydrogen-bond donors (Lipinski definition) is 0. The molecule has 0 N–H and O–H groups in total. The molecule has 3 aromatic rings. The molecule has 4 rings (SSSR count). The molecule has 2 aromatic carbocycles. The largest absolute Gasteiger partial charge is 0.335 e. The van der Waals surface area contributed by atoms with Gasteiger partial charge in [-0.3, -0.25) is 9.59 Å². The fraction of sp³-hybridized carbons (Fsp3) is 0.182. The van der Waals surface area contributed by atoms with E-state index in [-0.39, 0.29) is 11.8 Å². The van der Waals surface area contributed by atoms with Crippen LogP contribution in [0.5, 0.6) is 0 Å². The Balaban J connectivity index is 1.37. The van der Waals surface area contributed by atoms with Gasteiger partial charge in [0.15, 0.2) is 0 Å². The lowest BCUT2D eigenvalue weighted by atomic mass is 10.1. The molecule has 1 aliphatic rings. The van der Waals surface area contributed by atoms with Crippen LogP contribution in [0.15, 0.2) is 73.1 Å². The van der Waals surface area contributed by atoms with Crippen LogP contribution >= 0.6 is 11.6 Å². The zero-order chi connectivity index (χ0) is 19.5. The van der Waals surface area contributed by atoms with E-state index in [0.29, 0.717) is 42.3 Å². The van der Waals surface area contributed by atoms with Gasteiger partial charge in [-0.15, -0.1) is 0 Å². The molecule has 6 heteroatoms. The van der Waals surface area contributed by atoms with E-state index in [1.807, 2.05) is 53.4 Å². The van der Waals surface area contributed by atoms with Crippen molar-refractivity contribution in [3.8, 4) is 5.69 Å². The molecule has 0 saturated carbocycles. The van der Waals surface area contributed by atoms with Crippen LogP contribution in [-0.4, -0.2) is 52.4 Å². The molecule has 0 bridgehead atoms. The number of piperazine rings is 1. The predicted octanol–water partition coefficient (Wildman–Crippen LogP) is 3.73. The highest BCUT2D eigenvalue weighted by atomic mass is 35.5. The molecule has 0 unspecified atom stereocenters. The van der Waals surface area contributed by atoms with Crippen LogP contribution in [-0.2, 0) is 0 Å². The molecule has 0 atom stereocenters. The van der Waals surface area contributed by atoms with Crippen molar-refractivity contribution in [1.29, 1.82) is 0 Å². The predicted molar refractivity (Wildman–Crippen MR) is 109 cm³/mol. The Morgan fingerprint density at radius 1 is 0.679 bits per heavy atom. The van der Waals surface area contributed by atoms with Crippen LogP contribution in [0.4, 0.5) is 0 Å². The number of carbonyl (C=O) groups is 2. The van der Waals surface area contributed by atoms with Crippen molar-refractivity contribution in [1.82, 2.24) is 14.4 Å². The lowest BCUT2D eigenvalue weighted by molar-refractivity contribution is 0.0535. The van der Waals surface area contributed by atoms with E-state index < -0.39 is 0 Å². The third kappa shape index (κ3) is 3.80. The van der Waals surface area contributed by atoms with Crippen LogP contribution in [0.3, 0.4) is 0 Å². The molecule has 0 radical (unpaired) electrons. The summed E-state index contributed by atoms with van der Waals surface area (Å²) in [6.45, 7) is 2.10. The Bertz CT molecular complexity index is 958. The van der Waals surface area contributed by atoms with Gasteiger partial charge in [0.05, 0.1) is 0 Å². The lowest BCUT2D eigenvalue weighted by Crippen LogP contribution is -2.50. The Labute approximate surface area is 168 Å². The first kappa shape index (κ1) is 18.3. The van der Waals surface area contributed by atoms with Gasteiger partial charge in [-0.2, -0.15) is 0 Å². The molecule has 142 valence electrons. The number of hydrogen-bond acceptors (Lipinski definition) is 2. The molecule has 2 heterocycles. The molecule has 0 aliphatic carbocycles. The van der Waals surface area contributed by atoms with E-state index in [2.05, 4.69) is 0 Å². The van der Waals surface area contributed by atoms with Gasteiger partial charge < -0.3 is 14.4 Å². The first-order chi connectivity index (χ1) is 13.6. The fourth-order valence-corrected chi connectivity index (χ4v) is 3.48. The molecule has 1 saturated heterocycles. The second-order valence-electron chi connectivity index (χ2n) is 6.73. The number of amides is 2. The maximum absolute atomic E-state index is 12.8. The van der Waals surface area contributed by atoms with E-state index in [9.17, 15) is 9.59 Å².